The summed E-state index contributed by atoms with van der Waals surface area (Å²) in [7, 11) is 0. The molecule has 0 saturated heterocycles. The second-order valence-corrected chi connectivity index (χ2v) is 5.43. The van der Waals surface area contributed by atoms with Crippen LogP contribution < -0.4 is 5.73 Å². The number of halogens is 2. The lowest BCUT2D eigenvalue weighted by atomic mass is 10.1. The molecule has 4 heteroatoms. The summed E-state index contributed by atoms with van der Waals surface area (Å²) < 4.78 is 0.993. The van der Waals surface area contributed by atoms with Crippen molar-refractivity contribution in [2.75, 3.05) is 0 Å². The van der Waals surface area contributed by atoms with Gasteiger partial charge in [0, 0.05) is 14.4 Å². The van der Waals surface area contributed by atoms with E-state index in [9.17, 15) is 0 Å². The third kappa shape index (κ3) is 2.42. The van der Waals surface area contributed by atoms with Crippen molar-refractivity contribution >= 4 is 38.9 Å². The van der Waals surface area contributed by atoms with Gasteiger partial charge >= 0.3 is 0 Å². The van der Waals surface area contributed by atoms with Crippen molar-refractivity contribution in [3.05, 3.63) is 55.6 Å². The van der Waals surface area contributed by atoms with Crippen LogP contribution in [0.3, 0.4) is 0 Å². The molecule has 15 heavy (non-hydrogen) atoms. The predicted octanol–water partition coefficient (Wildman–Crippen LogP) is 4.21. The minimum Gasteiger partial charge on any atom is -0.320 e. The lowest BCUT2D eigenvalue weighted by Crippen LogP contribution is -2.10. The van der Waals surface area contributed by atoms with Gasteiger partial charge in [0.2, 0.25) is 0 Å². The van der Waals surface area contributed by atoms with E-state index < -0.39 is 0 Å². The van der Waals surface area contributed by atoms with Gasteiger partial charge in [-0.1, -0.05) is 33.6 Å². The van der Waals surface area contributed by atoms with Gasteiger partial charge in [-0.05, 0) is 35.2 Å². The number of hydrogen-bond donors (Lipinski definition) is 1. The SMILES string of the molecule is N[C@H](c1cccs1)c1cc(Cl)ccc1Br. The van der Waals surface area contributed by atoms with Crippen molar-refractivity contribution in [2.24, 2.45) is 5.73 Å². The van der Waals surface area contributed by atoms with Crippen LogP contribution in [-0.2, 0) is 0 Å². The first-order chi connectivity index (χ1) is 7.18. The first kappa shape index (κ1) is 11.1. The minimum atomic E-state index is -0.113. The van der Waals surface area contributed by atoms with Gasteiger partial charge in [-0.15, -0.1) is 11.3 Å². The van der Waals surface area contributed by atoms with Crippen LogP contribution in [0.25, 0.3) is 0 Å². The standard InChI is InChI=1S/C11H9BrClNS/c12-9-4-3-7(13)6-8(9)11(14)10-2-1-5-15-10/h1-6,11H,14H2/t11-/m0/s1. The lowest BCUT2D eigenvalue weighted by molar-refractivity contribution is 0.887. The van der Waals surface area contributed by atoms with Crippen LogP contribution in [-0.4, -0.2) is 0 Å². The van der Waals surface area contributed by atoms with E-state index in [4.69, 9.17) is 17.3 Å². The molecule has 0 amide bonds. The third-order valence-electron chi connectivity index (χ3n) is 2.14. The van der Waals surface area contributed by atoms with E-state index in [2.05, 4.69) is 15.9 Å². The summed E-state index contributed by atoms with van der Waals surface area (Å²) >= 11 is 11.1. The molecule has 0 bridgehead atoms. The Labute approximate surface area is 106 Å². The van der Waals surface area contributed by atoms with Crippen LogP contribution in [0, 0.1) is 0 Å². The quantitative estimate of drug-likeness (QED) is 0.883. The number of hydrogen-bond acceptors (Lipinski definition) is 2. The Kier molecular flexibility index (Phi) is 3.46. The molecule has 2 rings (SSSR count). The molecule has 1 nitrogen and oxygen atoms in total. The maximum atomic E-state index is 6.15. The number of rotatable bonds is 2. The predicted molar refractivity (Wildman–Crippen MR) is 69.5 cm³/mol. The van der Waals surface area contributed by atoms with Gasteiger partial charge in [0.25, 0.3) is 0 Å². The molecule has 2 aromatic rings. The smallest absolute Gasteiger partial charge is 0.0657 e. The Morgan fingerprint density at radius 1 is 1.33 bits per heavy atom. The normalized spacial score (nSPS) is 12.7. The Hall–Kier alpha value is -0.350. The Morgan fingerprint density at radius 2 is 2.13 bits per heavy atom. The molecule has 1 aromatic carbocycles. The lowest BCUT2D eigenvalue weighted by Gasteiger charge is -2.12. The topological polar surface area (TPSA) is 26.0 Å². The van der Waals surface area contributed by atoms with E-state index in [-0.39, 0.29) is 6.04 Å². The maximum absolute atomic E-state index is 6.15. The molecule has 1 heterocycles. The van der Waals surface area contributed by atoms with Gasteiger partial charge in [0.15, 0.2) is 0 Å². The van der Waals surface area contributed by atoms with Crippen LogP contribution in [0.2, 0.25) is 5.02 Å². The second-order valence-electron chi connectivity index (χ2n) is 3.16. The van der Waals surface area contributed by atoms with Crippen LogP contribution in [0.1, 0.15) is 16.5 Å². The summed E-state index contributed by atoms with van der Waals surface area (Å²) in [4.78, 5) is 1.14. The fourth-order valence-electron chi connectivity index (χ4n) is 1.37. The fraction of sp³-hybridized carbons (Fsp3) is 0.0909. The van der Waals surface area contributed by atoms with Gasteiger partial charge in [0.05, 0.1) is 6.04 Å². The molecule has 0 radical (unpaired) electrons. The summed E-state index contributed by atoms with van der Waals surface area (Å²) in [5.74, 6) is 0. The van der Waals surface area contributed by atoms with Gasteiger partial charge < -0.3 is 5.73 Å². The zero-order valence-corrected chi connectivity index (χ0v) is 10.9. The molecule has 1 aromatic heterocycles. The van der Waals surface area contributed by atoms with E-state index in [0.29, 0.717) is 5.02 Å². The third-order valence-corrected chi connectivity index (χ3v) is 4.06. The van der Waals surface area contributed by atoms with Gasteiger partial charge in [0.1, 0.15) is 0 Å². The highest BCUT2D eigenvalue weighted by Gasteiger charge is 2.13. The summed E-state index contributed by atoms with van der Waals surface area (Å²) in [5, 5.41) is 2.73. The Morgan fingerprint density at radius 3 is 2.80 bits per heavy atom. The number of thiophene rings is 1. The van der Waals surface area contributed by atoms with Crippen molar-refractivity contribution in [1.29, 1.82) is 0 Å². The van der Waals surface area contributed by atoms with Crippen molar-refractivity contribution < 1.29 is 0 Å². The summed E-state index contributed by atoms with van der Waals surface area (Å²) in [5.41, 5.74) is 7.17. The molecule has 2 N–H and O–H groups in total. The van der Waals surface area contributed by atoms with Crippen LogP contribution in [0.5, 0.6) is 0 Å². The summed E-state index contributed by atoms with van der Waals surface area (Å²) in [6.07, 6.45) is 0. The number of benzene rings is 1. The maximum Gasteiger partial charge on any atom is 0.0657 e. The molecular weight excluding hydrogens is 294 g/mol. The van der Waals surface area contributed by atoms with E-state index in [1.807, 2.05) is 35.7 Å². The van der Waals surface area contributed by atoms with E-state index in [1.54, 1.807) is 11.3 Å². The molecule has 1 atom stereocenters. The largest absolute Gasteiger partial charge is 0.320 e. The van der Waals surface area contributed by atoms with E-state index in [1.165, 1.54) is 0 Å². The van der Waals surface area contributed by atoms with Gasteiger partial charge in [-0.25, -0.2) is 0 Å². The fourth-order valence-corrected chi connectivity index (χ4v) is 2.79. The van der Waals surface area contributed by atoms with Crippen molar-refractivity contribution in [2.45, 2.75) is 6.04 Å². The highest BCUT2D eigenvalue weighted by molar-refractivity contribution is 9.10. The molecule has 0 aliphatic rings. The Balaban J connectivity index is 2.41. The average molecular weight is 303 g/mol. The summed E-state index contributed by atoms with van der Waals surface area (Å²) in [6, 6.07) is 9.58. The Bertz CT molecular complexity index is 456. The first-order valence-corrected chi connectivity index (χ1v) is 6.47. The van der Waals surface area contributed by atoms with Crippen molar-refractivity contribution in [3.8, 4) is 0 Å². The molecule has 0 fully saturated rings. The van der Waals surface area contributed by atoms with Crippen LogP contribution >= 0.6 is 38.9 Å². The summed E-state index contributed by atoms with van der Waals surface area (Å²) in [6.45, 7) is 0. The van der Waals surface area contributed by atoms with Crippen molar-refractivity contribution in [3.63, 3.8) is 0 Å². The zero-order chi connectivity index (χ0) is 10.8. The molecule has 0 aliphatic carbocycles. The highest BCUT2D eigenvalue weighted by atomic mass is 79.9. The highest BCUT2D eigenvalue weighted by Crippen LogP contribution is 2.31. The van der Waals surface area contributed by atoms with E-state index in [0.717, 1.165) is 14.9 Å². The average Bonchev–Trinajstić information content (AvgIpc) is 2.74. The van der Waals surface area contributed by atoms with Crippen LogP contribution in [0.4, 0.5) is 0 Å². The minimum absolute atomic E-state index is 0.113. The molecule has 0 spiro atoms. The molecular formula is C11H9BrClNS. The first-order valence-electron chi connectivity index (χ1n) is 4.42. The van der Waals surface area contributed by atoms with Crippen molar-refractivity contribution in [1.82, 2.24) is 0 Å². The molecule has 0 unspecified atom stereocenters. The van der Waals surface area contributed by atoms with Gasteiger partial charge in [-0.2, -0.15) is 0 Å². The van der Waals surface area contributed by atoms with E-state index >= 15 is 0 Å². The van der Waals surface area contributed by atoms with Gasteiger partial charge in [-0.3, -0.25) is 0 Å². The molecule has 0 saturated carbocycles. The number of nitrogens with two attached hydrogens (primary N) is 1. The van der Waals surface area contributed by atoms with Crippen LogP contribution in [0.15, 0.2) is 40.2 Å². The molecule has 0 aliphatic heterocycles. The monoisotopic (exact) mass is 301 g/mol. The molecule has 78 valence electrons. The second kappa shape index (κ2) is 4.66. The zero-order valence-electron chi connectivity index (χ0n) is 7.78.